The zero-order valence-corrected chi connectivity index (χ0v) is 9.23. The average molecular weight is 224 g/mol. The van der Waals surface area contributed by atoms with E-state index in [2.05, 4.69) is 34.7 Å². The minimum absolute atomic E-state index is 0.168. The van der Waals surface area contributed by atoms with Gasteiger partial charge >= 0.3 is 11.9 Å². The van der Waals surface area contributed by atoms with E-state index in [9.17, 15) is 9.59 Å². The van der Waals surface area contributed by atoms with Gasteiger partial charge in [0.1, 0.15) is 0 Å². The molecule has 0 N–H and O–H groups in total. The van der Waals surface area contributed by atoms with E-state index in [0.29, 0.717) is 0 Å². The third-order valence-electron chi connectivity index (χ3n) is 1.12. The Hall–Kier alpha value is -0.360. The van der Waals surface area contributed by atoms with Gasteiger partial charge in [-0.1, -0.05) is 0 Å². The van der Waals surface area contributed by atoms with Crippen LogP contribution in [0.4, 0.5) is 0 Å². The molecule has 0 amide bonds. The van der Waals surface area contributed by atoms with E-state index in [0.717, 1.165) is 0 Å². The van der Waals surface area contributed by atoms with E-state index in [1.807, 2.05) is 0 Å². The summed E-state index contributed by atoms with van der Waals surface area (Å²) in [6.45, 7) is 3.59. The molecule has 0 atom stereocenters. The van der Waals surface area contributed by atoms with Crippen molar-refractivity contribution >= 4 is 37.2 Å². The second kappa shape index (κ2) is 5.39. The number of thiol groups is 2. The molecule has 0 bridgehead atoms. The number of carbonyl (C=O) groups excluding carboxylic acids is 2. The molecule has 0 spiro atoms. The summed E-state index contributed by atoms with van der Waals surface area (Å²) in [5, 5.41) is 0. The monoisotopic (exact) mass is 224 g/mol. The van der Waals surface area contributed by atoms with Crippen molar-refractivity contribution in [2.75, 3.05) is 13.2 Å². The van der Waals surface area contributed by atoms with Gasteiger partial charge < -0.3 is 9.47 Å². The summed E-state index contributed by atoms with van der Waals surface area (Å²) in [4.78, 5) is 22.2. The summed E-state index contributed by atoms with van der Waals surface area (Å²) < 4.78 is 7.35. The lowest BCUT2D eigenvalue weighted by Gasteiger charge is -2.17. The number of hydrogen-bond acceptors (Lipinski definition) is 6. The Morgan fingerprint density at radius 2 is 1.38 bits per heavy atom. The van der Waals surface area contributed by atoms with Crippen LogP contribution in [0.3, 0.4) is 0 Å². The van der Waals surface area contributed by atoms with Gasteiger partial charge in [-0.25, -0.2) is 9.59 Å². The van der Waals surface area contributed by atoms with E-state index in [1.54, 1.807) is 13.8 Å². The maximum atomic E-state index is 11.1. The lowest BCUT2D eigenvalue weighted by atomic mass is 10.4. The Balaban J connectivity index is 4.36. The fraction of sp³-hybridized carbons (Fsp3) is 0.714. The van der Waals surface area contributed by atoms with Gasteiger partial charge in [0.25, 0.3) is 4.08 Å². The maximum Gasteiger partial charge on any atom is 0.343 e. The fourth-order valence-corrected chi connectivity index (χ4v) is 0.805. The van der Waals surface area contributed by atoms with Crippen LogP contribution in [-0.4, -0.2) is 29.2 Å². The number of esters is 2. The van der Waals surface area contributed by atoms with Gasteiger partial charge in [0.15, 0.2) is 0 Å². The maximum absolute atomic E-state index is 11.1. The first-order chi connectivity index (χ1) is 5.96. The molecule has 76 valence electrons. The van der Waals surface area contributed by atoms with Crippen LogP contribution in [0.2, 0.25) is 0 Å². The van der Waals surface area contributed by atoms with Gasteiger partial charge in [-0.3, -0.25) is 0 Å². The topological polar surface area (TPSA) is 52.6 Å². The minimum atomic E-state index is -1.81. The highest BCUT2D eigenvalue weighted by molar-refractivity contribution is 8.03. The zero-order chi connectivity index (χ0) is 10.5. The second-order valence-electron chi connectivity index (χ2n) is 2.11. The molecule has 0 aliphatic rings. The molecule has 0 saturated carbocycles. The van der Waals surface area contributed by atoms with E-state index < -0.39 is 16.0 Å². The Labute approximate surface area is 87.8 Å². The number of rotatable bonds is 4. The molecule has 0 radical (unpaired) electrons. The molecule has 6 heteroatoms. The molecule has 13 heavy (non-hydrogen) atoms. The number of hydrogen-bond donors (Lipinski definition) is 2. The van der Waals surface area contributed by atoms with Crippen molar-refractivity contribution in [1.82, 2.24) is 0 Å². The Morgan fingerprint density at radius 3 is 1.62 bits per heavy atom. The van der Waals surface area contributed by atoms with Crippen LogP contribution in [0.15, 0.2) is 0 Å². The van der Waals surface area contributed by atoms with E-state index in [-0.39, 0.29) is 13.2 Å². The summed E-state index contributed by atoms with van der Waals surface area (Å²) in [5.74, 6) is -1.64. The molecule has 4 nitrogen and oxygen atoms in total. The average Bonchev–Trinajstić information content (AvgIpc) is 2.05. The first-order valence-electron chi connectivity index (χ1n) is 3.76. The van der Waals surface area contributed by atoms with Crippen molar-refractivity contribution < 1.29 is 19.1 Å². The van der Waals surface area contributed by atoms with Gasteiger partial charge in [-0.15, -0.1) is 25.3 Å². The summed E-state index contributed by atoms with van der Waals surface area (Å²) in [6, 6.07) is 0. The van der Waals surface area contributed by atoms with E-state index >= 15 is 0 Å². The zero-order valence-electron chi connectivity index (χ0n) is 7.44. The van der Waals surface area contributed by atoms with Crippen LogP contribution in [0.25, 0.3) is 0 Å². The minimum Gasteiger partial charge on any atom is -0.464 e. The van der Waals surface area contributed by atoms with Crippen molar-refractivity contribution in [3.8, 4) is 0 Å². The summed E-state index contributed by atoms with van der Waals surface area (Å²) in [6.07, 6.45) is 0. The molecule has 0 aliphatic carbocycles. The first-order valence-corrected chi connectivity index (χ1v) is 4.65. The second-order valence-corrected chi connectivity index (χ2v) is 3.81. The molecule has 0 aromatic carbocycles. The van der Waals surface area contributed by atoms with Crippen molar-refractivity contribution in [1.29, 1.82) is 0 Å². The first kappa shape index (κ1) is 12.6. The third-order valence-corrected chi connectivity index (χ3v) is 1.85. The summed E-state index contributed by atoms with van der Waals surface area (Å²) in [5.41, 5.74) is 0. The summed E-state index contributed by atoms with van der Waals surface area (Å²) in [7, 11) is 0. The predicted octanol–water partition coefficient (Wildman–Crippen LogP) is 0.668. The molecular weight excluding hydrogens is 212 g/mol. The van der Waals surface area contributed by atoms with Gasteiger partial charge in [-0.2, -0.15) is 0 Å². The highest BCUT2D eigenvalue weighted by Gasteiger charge is 2.42. The SMILES string of the molecule is CCOC(=O)C(S)(S)C(=O)OCC. The Bertz CT molecular complexity index is 183. The molecule has 0 aromatic rings. The van der Waals surface area contributed by atoms with Gasteiger partial charge in [0.2, 0.25) is 0 Å². The van der Waals surface area contributed by atoms with Gasteiger partial charge in [0, 0.05) is 0 Å². The Kier molecular flexibility index (Phi) is 5.24. The van der Waals surface area contributed by atoms with Crippen LogP contribution < -0.4 is 0 Å². The van der Waals surface area contributed by atoms with Crippen LogP contribution in [0.1, 0.15) is 13.8 Å². The molecule has 0 rings (SSSR count). The lowest BCUT2D eigenvalue weighted by Crippen LogP contribution is -2.38. The molecular formula is C7H12O4S2. The van der Waals surface area contributed by atoms with Crippen molar-refractivity contribution in [3.63, 3.8) is 0 Å². The molecule has 0 unspecified atom stereocenters. The lowest BCUT2D eigenvalue weighted by molar-refractivity contribution is -0.154. The molecule has 0 fully saturated rings. The number of carbonyl (C=O) groups is 2. The molecule has 0 aromatic heterocycles. The van der Waals surface area contributed by atoms with E-state index in [1.165, 1.54) is 0 Å². The molecule has 0 saturated heterocycles. The number of ether oxygens (including phenoxy) is 2. The van der Waals surface area contributed by atoms with Crippen molar-refractivity contribution in [2.45, 2.75) is 17.9 Å². The smallest absolute Gasteiger partial charge is 0.343 e. The van der Waals surface area contributed by atoms with Gasteiger partial charge in [-0.05, 0) is 13.8 Å². The van der Waals surface area contributed by atoms with Crippen molar-refractivity contribution in [3.05, 3.63) is 0 Å². The van der Waals surface area contributed by atoms with Crippen LogP contribution in [0.5, 0.6) is 0 Å². The van der Waals surface area contributed by atoms with E-state index in [4.69, 9.17) is 0 Å². The molecule has 0 aliphatic heterocycles. The predicted molar refractivity (Wildman–Crippen MR) is 54.0 cm³/mol. The van der Waals surface area contributed by atoms with Crippen LogP contribution >= 0.6 is 25.3 Å². The van der Waals surface area contributed by atoms with Crippen LogP contribution in [0, 0.1) is 0 Å². The highest BCUT2D eigenvalue weighted by atomic mass is 32.2. The van der Waals surface area contributed by atoms with Gasteiger partial charge in [0.05, 0.1) is 13.2 Å². The highest BCUT2D eigenvalue weighted by Crippen LogP contribution is 2.23. The largest absolute Gasteiger partial charge is 0.464 e. The van der Waals surface area contributed by atoms with Crippen molar-refractivity contribution in [2.24, 2.45) is 0 Å². The quantitative estimate of drug-likeness (QED) is 0.319. The fourth-order valence-electron chi connectivity index (χ4n) is 0.547. The van der Waals surface area contributed by atoms with Crippen LogP contribution in [-0.2, 0) is 19.1 Å². The summed E-state index contributed by atoms with van der Waals surface area (Å²) >= 11 is 7.52. The Morgan fingerprint density at radius 1 is 1.08 bits per heavy atom. The normalized spacial score (nSPS) is 10.8. The standard InChI is InChI=1S/C7H12O4S2/c1-3-10-5(8)7(12,13)6(9)11-4-2/h12-13H,3-4H2,1-2H3. The molecule has 0 heterocycles. The third kappa shape index (κ3) is 3.48.